The Morgan fingerprint density at radius 1 is 1.29 bits per heavy atom. The Labute approximate surface area is 128 Å². The van der Waals surface area contributed by atoms with E-state index in [2.05, 4.69) is 40.5 Å². The van der Waals surface area contributed by atoms with Crippen LogP contribution in [0.25, 0.3) is 0 Å². The molecule has 3 atom stereocenters. The van der Waals surface area contributed by atoms with Gasteiger partial charge in [0.25, 0.3) is 0 Å². The lowest BCUT2D eigenvalue weighted by Crippen LogP contribution is -2.50. The third kappa shape index (κ3) is 3.65. The first-order chi connectivity index (χ1) is 10.0. The highest BCUT2D eigenvalue weighted by atomic mass is 16.3. The van der Waals surface area contributed by atoms with Crippen molar-refractivity contribution in [2.75, 3.05) is 6.54 Å². The minimum Gasteiger partial charge on any atom is -0.390 e. The maximum Gasteiger partial charge on any atom is 0.0632 e. The molecule has 0 saturated carbocycles. The van der Waals surface area contributed by atoms with Crippen LogP contribution in [0.5, 0.6) is 0 Å². The topological polar surface area (TPSA) is 35.5 Å². The van der Waals surface area contributed by atoms with E-state index in [0.29, 0.717) is 12.2 Å². The highest BCUT2D eigenvalue weighted by Crippen LogP contribution is 2.38. The van der Waals surface area contributed by atoms with E-state index in [4.69, 9.17) is 0 Å². The summed E-state index contributed by atoms with van der Waals surface area (Å²) in [6, 6.07) is 11.2. The molecule has 0 amide bonds. The van der Waals surface area contributed by atoms with Crippen LogP contribution in [0.1, 0.15) is 45.1 Å². The van der Waals surface area contributed by atoms with Gasteiger partial charge in [0, 0.05) is 12.6 Å². The van der Waals surface area contributed by atoms with Crippen LogP contribution >= 0.6 is 0 Å². The van der Waals surface area contributed by atoms with Crippen molar-refractivity contribution in [3.63, 3.8) is 0 Å². The molecule has 116 valence electrons. The number of hydrogen-bond acceptors (Lipinski definition) is 3. The van der Waals surface area contributed by atoms with Gasteiger partial charge in [0.1, 0.15) is 0 Å². The zero-order valence-electron chi connectivity index (χ0n) is 13.3. The van der Waals surface area contributed by atoms with Crippen LogP contribution in [0.2, 0.25) is 0 Å². The van der Waals surface area contributed by atoms with Crippen molar-refractivity contribution in [3.05, 3.63) is 35.9 Å². The van der Waals surface area contributed by atoms with Crippen molar-refractivity contribution < 1.29 is 5.11 Å². The third-order valence-electron chi connectivity index (χ3n) is 4.90. The van der Waals surface area contributed by atoms with Crippen molar-refractivity contribution in [2.45, 2.75) is 63.9 Å². The van der Waals surface area contributed by atoms with E-state index in [1.54, 1.807) is 0 Å². The van der Waals surface area contributed by atoms with Gasteiger partial charge in [0.05, 0.1) is 11.8 Å². The lowest BCUT2D eigenvalue weighted by molar-refractivity contribution is 0.0299. The zero-order valence-corrected chi connectivity index (χ0v) is 13.3. The summed E-state index contributed by atoms with van der Waals surface area (Å²) in [5.41, 5.74) is 0.777. The summed E-state index contributed by atoms with van der Waals surface area (Å²) < 4.78 is 0. The lowest BCUT2D eigenvalue weighted by Gasteiger charge is -2.36. The summed E-state index contributed by atoms with van der Waals surface area (Å²) in [4.78, 5) is 2.59. The lowest BCUT2D eigenvalue weighted by atomic mass is 9.91. The number of nitrogens with one attached hydrogen (secondary N) is 1. The Morgan fingerprint density at radius 3 is 2.76 bits per heavy atom. The first-order valence-corrected chi connectivity index (χ1v) is 8.28. The average Bonchev–Trinajstić information content (AvgIpc) is 2.76. The molecule has 0 aromatic heterocycles. The SMILES string of the molecule is CC(C)(O)CC1CC2CCCNC2N1Cc1ccccc1. The number of aliphatic hydroxyl groups is 1. The predicted molar refractivity (Wildman–Crippen MR) is 85.8 cm³/mol. The van der Waals surface area contributed by atoms with Crippen molar-refractivity contribution >= 4 is 0 Å². The van der Waals surface area contributed by atoms with Gasteiger partial charge < -0.3 is 10.4 Å². The minimum atomic E-state index is -0.590. The van der Waals surface area contributed by atoms with Crippen molar-refractivity contribution in [3.8, 4) is 0 Å². The highest BCUT2D eigenvalue weighted by Gasteiger charge is 2.43. The van der Waals surface area contributed by atoms with E-state index in [0.717, 1.165) is 25.4 Å². The highest BCUT2D eigenvalue weighted by molar-refractivity contribution is 5.15. The number of fused-ring (bicyclic) bond motifs is 1. The normalized spacial score (nSPS) is 30.3. The molecule has 3 unspecified atom stereocenters. The molecule has 0 aliphatic carbocycles. The Kier molecular flexibility index (Phi) is 4.34. The molecule has 3 nitrogen and oxygen atoms in total. The van der Waals surface area contributed by atoms with Crippen molar-refractivity contribution in [2.24, 2.45) is 5.92 Å². The summed E-state index contributed by atoms with van der Waals surface area (Å²) in [5, 5.41) is 14.0. The fourth-order valence-electron chi connectivity index (χ4n) is 4.08. The molecule has 2 fully saturated rings. The molecule has 1 aromatic rings. The van der Waals surface area contributed by atoms with E-state index in [1.807, 2.05) is 13.8 Å². The first kappa shape index (κ1) is 15.0. The largest absolute Gasteiger partial charge is 0.390 e. The summed E-state index contributed by atoms with van der Waals surface area (Å²) in [6.07, 6.45) is 5.18. The Hall–Kier alpha value is -0.900. The van der Waals surface area contributed by atoms with Gasteiger partial charge in [-0.2, -0.15) is 0 Å². The molecule has 0 bridgehead atoms. The van der Waals surface area contributed by atoms with E-state index < -0.39 is 5.60 Å². The Bertz CT molecular complexity index is 454. The molecule has 2 aliphatic heterocycles. The second-order valence-electron chi connectivity index (χ2n) is 7.37. The molecule has 2 N–H and O–H groups in total. The molecule has 1 aromatic carbocycles. The number of hydrogen-bond donors (Lipinski definition) is 2. The van der Waals surface area contributed by atoms with Crippen LogP contribution in [-0.4, -0.2) is 34.4 Å². The Balaban J connectivity index is 1.77. The van der Waals surface area contributed by atoms with Gasteiger partial charge >= 0.3 is 0 Å². The van der Waals surface area contributed by atoms with Crippen LogP contribution in [0, 0.1) is 5.92 Å². The second kappa shape index (κ2) is 6.07. The van der Waals surface area contributed by atoms with Crippen LogP contribution in [0.3, 0.4) is 0 Å². The molecule has 3 rings (SSSR count). The van der Waals surface area contributed by atoms with Gasteiger partial charge in [-0.3, -0.25) is 4.90 Å². The maximum absolute atomic E-state index is 10.2. The standard InChI is InChI=1S/C18H28N2O/c1-18(2,21)12-16-11-15-9-6-10-19-17(15)20(16)13-14-7-4-3-5-8-14/h3-5,7-8,15-17,19,21H,6,9-13H2,1-2H3. The fourth-order valence-corrected chi connectivity index (χ4v) is 4.08. The predicted octanol–water partition coefficient (Wildman–Crippen LogP) is 2.75. The molecule has 0 spiro atoms. The molecular formula is C18H28N2O. The summed E-state index contributed by atoms with van der Waals surface area (Å²) >= 11 is 0. The molecule has 2 aliphatic rings. The molecule has 21 heavy (non-hydrogen) atoms. The van der Waals surface area contributed by atoms with Crippen molar-refractivity contribution in [1.82, 2.24) is 10.2 Å². The number of piperidine rings is 1. The van der Waals surface area contributed by atoms with Crippen LogP contribution in [-0.2, 0) is 6.54 Å². The quantitative estimate of drug-likeness (QED) is 0.894. The molecular weight excluding hydrogens is 260 g/mol. The van der Waals surface area contributed by atoms with Gasteiger partial charge in [0.2, 0.25) is 0 Å². The fraction of sp³-hybridized carbons (Fsp3) is 0.667. The minimum absolute atomic E-state index is 0.478. The zero-order chi connectivity index (χ0) is 14.9. The number of nitrogens with zero attached hydrogens (tertiary/aromatic N) is 1. The Morgan fingerprint density at radius 2 is 2.05 bits per heavy atom. The monoisotopic (exact) mass is 288 g/mol. The van der Waals surface area contributed by atoms with Crippen LogP contribution in [0.15, 0.2) is 30.3 Å². The second-order valence-corrected chi connectivity index (χ2v) is 7.37. The summed E-state index contributed by atoms with van der Waals surface area (Å²) in [5.74, 6) is 0.745. The number of rotatable bonds is 4. The van der Waals surface area contributed by atoms with Gasteiger partial charge in [-0.15, -0.1) is 0 Å². The molecule has 2 heterocycles. The van der Waals surface area contributed by atoms with Gasteiger partial charge in [-0.25, -0.2) is 0 Å². The van der Waals surface area contributed by atoms with Gasteiger partial charge in [0.15, 0.2) is 0 Å². The number of benzene rings is 1. The third-order valence-corrected chi connectivity index (χ3v) is 4.90. The molecule has 0 radical (unpaired) electrons. The summed E-state index contributed by atoms with van der Waals surface area (Å²) in [7, 11) is 0. The van der Waals surface area contributed by atoms with E-state index in [1.165, 1.54) is 24.8 Å². The van der Waals surface area contributed by atoms with E-state index >= 15 is 0 Å². The first-order valence-electron chi connectivity index (χ1n) is 8.28. The van der Waals surface area contributed by atoms with Crippen LogP contribution in [0.4, 0.5) is 0 Å². The number of likely N-dealkylation sites (tertiary alicyclic amines) is 1. The average molecular weight is 288 g/mol. The van der Waals surface area contributed by atoms with Gasteiger partial charge in [-0.05, 0) is 57.6 Å². The molecule has 2 saturated heterocycles. The summed E-state index contributed by atoms with van der Waals surface area (Å²) in [6.45, 7) is 5.98. The van der Waals surface area contributed by atoms with Gasteiger partial charge in [-0.1, -0.05) is 30.3 Å². The smallest absolute Gasteiger partial charge is 0.0632 e. The maximum atomic E-state index is 10.2. The van der Waals surface area contributed by atoms with Crippen LogP contribution < -0.4 is 5.32 Å². The van der Waals surface area contributed by atoms with E-state index in [-0.39, 0.29) is 0 Å². The molecule has 3 heteroatoms. The van der Waals surface area contributed by atoms with E-state index in [9.17, 15) is 5.11 Å². The van der Waals surface area contributed by atoms with Crippen molar-refractivity contribution in [1.29, 1.82) is 0 Å².